The van der Waals surface area contributed by atoms with Gasteiger partial charge in [-0.25, -0.2) is 8.78 Å². The largest absolute Gasteiger partial charge is 0.292 e. The van der Waals surface area contributed by atoms with Crippen LogP contribution in [0.4, 0.5) is 8.78 Å². The van der Waals surface area contributed by atoms with Gasteiger partial charge >= 0.3 is 0 Å². The summed E-state index contributed by atoms with van der Waals surface area (Å²) in [7, 11) is 0. The van der Waals surface area contributed by atoms with Crippen molar-refractivity contribution >= 4 is 5.78 Å². The molecule has 2 rings (SSSR count). The molecule has 1 fully saturated rings. The van der Waals surface area contributed by atoms with Gasteiger partial charge in [-0.3, -0.25) is 9.69 Å². The molecule has 1 unspecified atom stereocenters. The minimum atomic E-state index is -0.755. The number of nitrogens with zero attached hydrogens (tertiary/aromatic N) is 1. The van der Waals surface area contributed by atoms with E-state index in [4.69, 9.17) is 0 Å². The highest BCUT2D eigenvalue weighted by molar-refractivity contribution is 6.03. The average Bonchev–Trinajstić information content (AvgIpc) is 2.49. The van der Waals surface area contributed by atoms with Crippen molar-refractivity contribution in [2.75, 3.05) is 13.1 Å². The second kappa shape index (κ2) is 6.00. The van der Waals surface area contributed by atoms with Gasteiger partial charge in [-0.1, -0.05) is 13.3 Å². The topological polar surface area (TPSA) is 20.3 Å². The molecule has 0 aliphatic carbocycles. The predicted molar refractivity (Wildman–Crippen MR) is 74.8 cm³/mol. The van der Waals surface area contributed by atoms with Crippen molar-refractivity contribution < 1.29 is 13.6 Å². The van der Waals surface area contributed by atoms with E-state index in [0.29, 0.717) is 6.42 Å². The molecular weight excluding hydrogens is 260 g/mol. The predicted octanol–water partition coefficient (Wildman–Crippen LogP) is 3.80. The number of hydrogen-bond acceptors (Lipinski definition) is 2. The average molecular weight is 281 g/mol. The molecule has 1 atom stereocenters. The van der Waals surface area contributed by atoms with E-state index in [0.717, 1.165) is 44.1 Å². The van der Waals surface area contributed by atoms with E-state index in [1.807, 2.05) is 13.8 Å². The monoisotopic (exact) mass is 281 g/mol. The molecule has 1 aromatic carbocycles. The zero-order valence-corrected chi connectivity index (χ0v) is 12.1. The van der Waals surface area contributed by atoms with Crippen molar-refractivity contribution in [1.82, 2.24) is 4.90 Å². The van der Waals surface area contributed by atoms with Crippen LogP contribution in [0.25, 0.3) is 0 Å². The quantitative estimate of drug-likeness (QED) is 0.782. The molecule has 110 valence electrons. The molecule has 1 aliphatic rings. The summed E-state index contributed by atoms with van der Waals surface area (Å²) < 4.78 is 27.2. The summed E-state index contributed by atoms with van der Waals surface area (Å²) >= 11 is 0. The van der Waals surface area contributed by atoms with Crippen LogP contribution in [0.3, 0.4) is 0 Å². The fourth-order valence-electron chi connectivity index (χ4n) is 2.88. The van der Waals surface area contributed by atoms with Crippen LogP contribution >= 0.6 is 0 Å². The molecule has 0 N–H and O–H groups in total. The van der Waals surface area contributed by atoms with Gasteiger partial charge in [0.05, 0.1) is 11.1 Å². The van der Waals surface area contributed by atoms with E-state index in [2.05, 4.69) is 4.90 Å². The number of piperidine rings is 1. The minimum Gasteiger partial charge on any atom is -0.292 e. The molecule has 1 heterocycles. The zero-order valence-electron chi connectivity index (χ0n) is 12.1. The maximum absolute atomic E-state index is 13.8. The lowest BCUT2D eigenvalue weighted by atomic mass is 9.85. The molecule has 0 aromatic heterocycles. The highest BCUT2D eigenvalue weighted by Crippen LogP contribution is 2.29. The Bertz CT molecular complexity index is 497. The summed E-state index contributed by atoms with van der Waals surface area (Å²) in [6, 6.07) is 3.07. The van der Waals surface area contributed by atoms with E-state index >= 15 is 0 Å². The number of benzene rings is 1. The fraction of sp³-hybridized carbons (Fsp3) is 0.562. The van der Waals surface area contributed by atoms with E-state index < -0.39 is 17.2 Å². The summed E-state index contributed by atoms with van der Waals surface area (Å²) in [6.07, 6.45) is 3.85. The molecule has 4 heteroatoms. The number of carbonyl (C=O) groups excluding carboxylic acids is 1. The summed E-state index contributed by atoms with van der Waals surface area (Å²) in [5.74, 6) is -1.54. The SMILES string of the molecule is CCC(C)(C(=O)c1cc(F)ccc1F)N1CCCCC1. The number of carbonyl (C=O) groups is 1. The molecule has 1 aromatic rings. The standard InChI is InChI=1S/C16H21F2NO/c1-3-16(2,19-9-5-4-6-10-19)15(20)13-11-12(17)7-8-14(13)18/h7-8,11H,3-6,9-10H2,1-2H3. The Kier molecular flexibility index (Phi) is 4.53. The molecule has 20 heavy (non-hydrogen) atoms. The Morgan fingerprint density at radius 1 is 1.25 bits per heavy atom. The van der Waals surface area contributed by atoms with Gasteiger partial charge < -0.3 is 0 Å². The van der Waals surface area contributed by atoms with E-state index in [9.17, 15) is 13.6 Å². The van der Waals surface area contributed by atoms with Gasteiger partial charge in [0.1, 0.15) is 11.6 Å². The van der Waals surface area contributed by atoms with Crippen LogP contribution in [0.1, 0.15) is 49.9 Å². The first-order chi connectivity index (χ1) is 9.49. The Hall–Kier alpha value is -1.29. The van der Waals surface area contributed by atoms with Gasteiger partial charge in [0.15, 0.2) is 5.78 Å². The van der Waals surface area contributed by atoms with Crippen LogP contribution in [-0.2, 0) is 0 Å². The Labute approximate surface area is 118 Å². The fourth-order valence-corrected chi connectivity index (χ4v) is 2.88. The van der Waals surface area contributed by atoms with Gasteiger partial charge in [-0.15, -0.1) is 0 Å². The number of hydrogen-bond donors (Lipinski definition) is 0. The highest BCUT2D eigenvalue weighted by atomic mass is 19.1. The third-order valence-electron chi connectivity index (χ3n) is 4.40. The van der Waals surface area contributed by atoms with Crippen LogP contribution in [-0.4, -0.2) is 29.3 Å². The molecule has 2 nitrogen and oxygen atoms in total. The van der Waals surface area contributed by atoms with Crippen molar-refractivity contribution in [3.63, 3.8) is 0 Å². The summed E-state index contributed by atoms with van der Waals surface area (Å²) in [5, 5.41) is 0. The maximum Gasteiger partial charge on any atom is 0.185 e. The lowest BCUT2D eigenvalue weighted by molar-refractivity contribution is 0.0501. The van der Waals surface area contributed by atoms with Crippen LogP contribution in [0.15, 0.2) is 18.2 Å². The lowest BCUT2D eigenvalue weighted by Gasteiger charge is -2.41. The smallest absolute Gasteiger partial charge is 0.185 e. The maximum atomic E-state index is 13.8. The molecule has 1 aliphatic heterocycles. The first-order valence-corrected chi connectivity index (χ1v) is 7.24. The number of ketones is 1. The zero-order chi connectivity index (χ0) is 14.8. The van der Waals surface area contributed by atoms with Gasteiger partial charge in [0, 0.05) is 0 Å². The van der Waals surface area contributed by atoms with E-state index in [1.165, 1.54) is 6.42 Å². The Balaban J connectivity index is 2.34. The van der Waals surface area contributed by atoms with Crippen LogP contribution in [0.5, 0.6) is 0 Å². The Morgan fingerprint density at radius 2 is 1.90 bits per heavy atom. The molecule has 0 bridgehead atoms. The molecule has 0 amide bonds. The summed E-state index contributed by atoms with van der Waals surface area (Å²) in [6.45, 7) is 5.44. The molecular formula is C16H21F2NO. The normalized spacial score (nSPS) is 19.6. The van der Waals surface area contributed by atoms with Crippen LogP contribution in [0, 0.1) is 11.6 Å². The molecule has 0 spiro atoms. The van der Waals surface area contributed by atoms with Gasteiger partial charge in [-0.05, 0) is 57.5 Å². The molecule has 0 radical (unpaired) electrons. The van der Waals surface area contributed by atoms with Gasteiger partial charge in [0.2, 0.25) is 0 Å². The van der Waals surface area contributed by atoms with Crippen molar-refractivity contribution in [2.45, 2.75) is 45.1 Å². The van der Waals surface area contributed by atoms with Crippen molar-refractivity contribution in [3.05, 3.63) is 35.4 Å². The van der Waals surface area contributed by atoms with Crippen molar-refractivity contribution in [1.29, 1.82) is 0 Å². The second-order valence-corrected chi connectivity index (χ2v) is 5.63. The first-order valence-electron chi connectivity index (χ1n) is 7.24. The third kappa shape index (κ3) is 2.75. The number of halogens is 2. The first kappa shape index (κ1) is 15.1. The van der Waals surface area contributed by atoms with Crippen LogP contribution in [0.2, 0.25) is 0 Å². The highest BCUT2D eigenvalue weighted by Gasteiger charge is 2.39. The van der Waals surface area contributed by atoms with Crippen LogP contribution < -0.4 is 0 Å². The Morgan fingerprint density at radius 3 is 2.50 bits per heavy atom. The second-order valence-electron chi connectivity index (χ2n) is 5.63. The van der Waals surface area contributed by atoms with E-state index in [-0.39, 0.29) is 11.3 Å². The minimum absolute atomic E-state index is 0.139. The number of Topliss-reactive ketones (excluding diaryl/α,β-unsaturated/α-hetero) is 1. The van der Waals surface area contributed by atoms with Crippen molar-refractivity contribution in [2.24, 2.45) is 0 Å². The van der Waals surface area contributed by atoms with E-state index in [1.54, 1.807) is 0 Å². The summed E-state index contributed by atoms with van der Waals surface area (Å²) in [5.41, 5.74) is -0.894. The number of likely N-dealkylation sites (tertiary alicyclic amines) is 1. The van der Waals surface area contributed by atoms with Gasteiger partial charge in [0.25, 0.3) is 0 Å². The van der Waals surface area contributed by atoms with Gasteiger partial charge in [-0.2, -0.15) is 0 Å². The number of rotatable bonds is 4. The molecule has 1 saturated heterocycles. The van der Waals surface area contributed by atoms with Crippen molar-refractivity contribution in [3.8, 4) is 0 Å². The third-order valence-corrected chi connectivity index (χ3v) is 4.40. The summed E-state index contributed by atoms with van der Waals surface area (Å²) in [4.78, 5) is 14.8. The lowest BCUT2D eigenvalue weighted by Crippen LogP contribution is -2.54. The molecule has 0 saturated carbocycles.